The van der Waals surface area contributed by atoms with Gasteiger partial charge in [-0.25, -0.2) is 8.42 Å². The molecule has 30 heavy (non-hydrogen) atoms. The van der Waals surface area contributed by atoms with Gasteiger partial charge in [0.05, 0.1) is 4.90 Å². The highest BCUT2D eigenvalue weighted by atomic mass is 32.2. The molecule has 12 heteroatoms. The number of nitrogens with zero attached hydrogens (tertiary/aromatic N) is 4. The number of piperidine rings is 1. The number of benzene rings is 1. The van der Waals surface area contributed by atoms with Crippen molar-refractivity contribution in [3.8, 4) is 0 Å². The molecule has 0 radical (unpaired) electrons. The molecule has 4 rings (SSSR count). The monoisotopic (exact) mass is 462 g/mol. The van der Waals surface area contributed by atoms with Crippen LogP contribution in [0.1, 0.15) is 18.7 Å². The molecule has 1 spiro atoms. The molecule has 0 saturated carbocycles. The van der Waals surface area contributed by atoms with Crippen molar-refractivity contribution >= 4 is 27.8 Å². The Kier molecular flexibility index (Phi) is 5.52. The van der Waals surface area contributed by atoms with Gasteiger partial charge in [0.1, 0.15) is 6.42 Å². The second kappa shape index (κ2) is 7.72. The molecule has 2 aliphatic rings. The number of alkyl halides is 3. The van der Waals surface area contributed by atoms with Crippen molar-refractivity contribution in [1.29, 1.82) is 0 Å². The summed E-state index contributed by atoms with van der Waals surface area (Å²) in [5.74, 6) is -0.383. The van der Waals surface area contributed by atoms with Crippen LogP contribution in [0.25, 0.3) is 0 Å². The number of halogens is 3. The Morgan fingerprint density at radius 1 is 1.17 bits per heavy atom. The SMILES string of the molecule is CSc1ccc(S(=O)(=O)N2CCC3(CC2)CN(c2nc(CC(F)(F)F)no2)C3)cc1. The van der Waals surface area contributed by atoms with Gasteiger partial charge in [0.2, 0.25) is 10.0 Å². The van der Waals surface area contributed by atoms with Crippen molar-refractivity contribution < 1.29 is 26.1 Å². The van der Waals surface area contributed by atoms with Crippen LogP contribution >= 0.6 is 11.8 Å². The molecule has 0 unspecified atom stereocenters. The predicted octanol–water partition coefficient (Wildman–Crippen LogP) is 3.19. The van der Waals surface area contributed by atoms with E-state index in [-0.39, 0.29) is 22.1 Å². The van der Waals surface area contributed by atoms with Crippen LogP contribution in [0, 0.1) is 5.41 Å². The minimum atomic E-state index is -4.38. The molecule has 2 aromatic rings. The molecule has 1 aromatic carbocycles. The zero-order chi connectivity index (χ0) is 21.6. The van der Waals surface area contributed by atoms with Crippen molar-refractivity contribution in [3.63, 3.8) is 0 Å². The van der Waals surface area contributed by atoms with E-state index < -0.39 is 22.6 Å². The molecule has 0 atom stereocenters. The van der Waals surface area contributed by atoms with Gasteiger partial charge in [0, 0.05) is 36.5 Å². The van der Waals surface area contributed by atoms with E-state index in [0.717, 1.165) is 4.90 Å². The van der Waals surface area contributed by atoms with E-state index in [1.807, 2.05) is 6.26 Å². The third-order valence-electron chi connectivity index (χ3n) is 5.62. The first-order valence-corrected chi connectivity index (χ1v) is 12.1. The normalized spacial score (nSPS) is 19.8. The van der Waals surface area contributed by atoms with E-state index in [0.29, 0.717) is 39.0 Å². The minimum absolute atomic E-state index is 0.0760. The molecule has 0 amide bonds. The number of anilines is 1. The highest BCUT2D eigenvalue weighted by Crippen LogP contribution is 2.43. The molecule has 0 N–H and O–H groups in total. The minimum Gasteiger partial charge on any atom is -0.323 e. The van der Waals surface area contributed by atoms with Crippen molar-refractivity contribution in [2.45, 2.75) is 35.2 Å². The molecule has 1 aromatic heterocycles. The number of aromatic nitrogens is 2. The van der Waals surface area contributed by atoms with Crippen molar-refractivity contribution in [1.82, 2.24) is 14.4 Å². The van der Waals surface area contributed by atoms with Crippen LogP contribution in [-0.4, -0.2) is 61.5 Å². The Morgan fingerprint density at radius 2 is 1.80 bits per heavy atom. The lowest BCUT2D eigenvalue weighted by atomic mass is 9.72. The fourth-order valence-electron chi connectivity index (χ4n) is 3.94. The summed E-state index contributed by atoms with van der Waals surface area (Å²) in [4.78, 5) is 6.86. The smallest absolute Gasteiger partial charge is 0.323 e. The van der Waals surface area contributed by atoms with Gasteiger partial charge in [-0.3, -0.25) is 0 Å². The Bertz CT molecular complexity index is 992. The van der Waals surface area contributed by atoms with Gasteiger partial charge in [0.25, 0.3) is 0 Å². The van der Waals surface area contributed by atoms with Gasteiger partial charge in [-0.05, 0) is 43.4 Å². The molecule has 3 heterocycles. The van der Waals surface area contributed by atoms with Crippen LogP contribution in [0.3, 0.4) is 0 Å². The number of hydrogen-bond acceptors (Lipinski definition) is 7. The van der Waals surface area contributed by atoms with Gasteiger partial charge < -0.3 is 9.42 Å². The predicted molar refractivity (Wildman–Crippen MR) is 105 cm³/mol. The molecule has 2 saturated heterocycles. The summed E-state index contributed by atoms with van der Waals surface area (Å²) in [6.07, 6.45) is -2.32. The summed E-state index contributed by atoms with van der Waals surface area (Å²) in [5.41, 5.74) is -0.0760. The summed E-state index contributed by atoms with van der Waals surface area (Å²) in [7, 11) is -3.54. The Balaban J connectivity index is 1.34. The average molecular weight is 463 g/mol. The zero-order valence-corrected chi connectivity index (χ0v) is 17.9. The van der Waals surface area contributed by atoms with Gasteiger partial charge in [0.15, 0.2) is 5.82 Å². The third-order valence-corrected chi connectivity index (χ3v) is 8.28. The first-order valence-electron chi connectivity index (χ1n) is 9.39. The topological polar surface area (TPSA) is 79.5 Å². The first kappa shape index (κ1) is 21.4. The van der Waals surface area contributed by atoms with E-state index in [9.17, 15) is 21.6 Å². The summed E-state index contributed by atoms with van der Waals surface area (Å²) in [6.45, 7) is 1.95. The van der Waals surface area contributed by atoms with E-state index >= 15 is 0 Å². The zero-order valence-electron chi connectivity index (χ0n) is 16.2. The fraction of sp³-hybridized carbons (Fsp3) is 0.556. The van der Waals surface area contributed by atoms with Crippen molar-refractivity contribution in [2.75, 3.05) is 37.3 Å². The summed E-state index contributed by atoms with van der Waals surface area (Å²) < 4.78 is 69.6. The molecular weight excluding hydrogens is 441 g/mol. The maximum atomic E-state index is 12.9. The van der Waals surface area contributed by atoms with Gasteiger partial charge in [-0.2, -0.15) is 22.5 Å². The van der Waals surface area contributed by atoms with Gasteiger partial charge >= 0.3 is 12.2 Å². The van der Waals surface area contributed by atoms with E-state index in [2.05, 4.69) is 10.1 Å². The maximum absolute atomic E-state index is 12.9. The lowest BCUT2D eigenvalue weighted by Crippen LogP contribution is -2.61. The third kappa shape index (κ3) is 4.30. The summed E-state index contributed by atoms with van der Waals surface area (Å²) in [6, 6.07) is 6.94. The van der Waals surface area contributed by atoms with Crippen molar-refractivity contribution in [2.24, 2.45) is 5.41 Å². The summed E-state index contributed by atoms with van der Waals surface area (Å²) >= 11 is 1.55. The van der Waals surface area contributed by atoms with Crippen LogP contribution in [-0.2, 0) is 16.4 Å². The van der Waals surface area contributed by atoms with Crippen LogP contribution < -0.4 is 4.90 Å². The molecule has 2 aliphatic heterocycles. The number of hydrogen-bond donors (Lipinski definition) is 0. The van der Waals surface area contributed by atoms with Crippen LogP contribution in [0.2, 0.25) is 0 Å². The molecule has 0 bridgehead atoms. The second-order valence-corrected chi connectivity index (χ2v) is 10.5. The van der Waals surface area contributed by atoms with Crippen molar-refractivity contribution in [3.05, 3.63) is 30.1 Å². The molecule has 7 nitrogen and oxygen atoms in total. The molecule has 0 aliphatic carbocycles. The Labute approximate surface area is 176 Å². The highest BCUT2D eigenvalue weighted by Gasteiger charge is 2.48. The quantitative estimate of drug-likeness (QED) is 0.632. The summed E-state index contributed by atoms with van der Waals surface area (Å²) in [5, 5.41) is 3.39. The van der Waals surface area contributed by atoms with Crippen LogP contribution in [0.4, 0.5) is 19.2 Å². The number of rotatable bonds is 5. The van der Waals surface area contributed by atoms with Crippen LogP contribution in [0.15, 0.2) is 38.6 Å². The Hall–Kier alpha value is -1.79. The Morgan fingerprint density at radius 3 is 2.37 bits per heavy atom. The highest BCUT2D eigenvalue weighted by molar-refractivity contribution is 7.98. The first-order chi connectivity index (χ1) is 14.1. The van der Waals surface area contributed by atoms with Crippen LogP contribution in [0.5, 0.6) is 0 Å². The second-order valence-electron chi connectivity index (χ2n) is 7.72. The van der Waals surface area contributed by atoms with Gasteiger partial charge in [-0.15, -0.1) is 11.8 Å². The van der Waals surface area contributed by atoms with Gasteiger partial charge in [-0.1, -0.05) is 5.16 Å². The standard InChI is InChI=1S/C18H21F3N4O3S2/c1-29-13-2-4-14(5-3-13)30(26,27)25-8-6-17(7-9-25)11-24(12-17)16-22-15(23-28-16)10-18(19,20)21/h2-5H,6-12H2,1H3. The lowest BCUT2D eigenvalue weighted by molar-refractivity contribution is -0.128. The number of thioether (sulfide) groups is 1. The molecular formula is C18H21F3N4O3S2. The lowest BCUT2D eigenvalue weighted by Gasteiger charge is -2.52. The maximum Gasteiger partial charge on any atom is 0.396 e. The fourth-order valence-corrected chi connectivity index (χ4v) is 5.79. The average Bonchev–Trinajstić information content (AvgIpc) is 3.12. The molecule has 164 valence electrons. The van der Waals surface area contributed by atoms with E-state index in [1.54, 1.807) is 40.9 Å². The molecule has 2 fully saturated rings. The largest absolute Gasteiger partial charge is 0.396 e. The van der Waals surface area contributed by atoms with E-state index in [1.165, 1.54) is 4.31 Å². The van der Waals surface area contributed by atoms with E-state index in [4.69, 9.17) is 4.52 Å². The number of sulfonamides is 1.